The van der Waals surface area contributed by atoms with Gasteiger partial charge in [0, 0.05) is 26.2 Å². The number of rotatable bonds is 5. The van der Waals surface area contributed by atoms with Gasteiger partial charge in [0.15, 0.2) is 5.76 Å². The number of morpholine rings is 1. The summed E-state index contributed by atoms with van der Waals surface area (Å²) in [6, 6.07) is 4.96. The first-order valence-electron chi connectivity index (χ1n) is 7.07. The van der Waals surface area contributed by atoms with Crippen LogP contribution in [0.1, 0.15) is 0 Å². The summed E-state index contributed by atoms with van der Waals surface area (Å²) < 4.78 is 20.5. The zero-order valence-corrected chi connectivity index (χ0v) is 12.0. The number of hydrogen-bond acceptors (Lipinski definition) is 7. The summed E-state index contributed by atoms with van der Waals surface area (Å²) in [5, 5.41) is 6.34. The fourth-order valence-electron chi connectivity index (χ4n) is 2.11. The first-order valence-corrected chi connectivity index (χ1v) is 7.07. The Morgan fingerprint density at radius 1 is 1.36 bits per heavy atom. The van der Waals surface area contributed by atoms with Gasteiger partial charge in [0.1, 0.15) is 0 Å². The van der Waals surface area contributed by atoms with Crippen molar-refractivity contribution in [1.82, 2.24) is 15.4 Å². The molecule has 2 aromatic rings. The molecule has 22 heavy (non-hydrogen) atoms. The first-order chi connectivity index (χ1) is 10.8. The Bertz CT molecular complexity index is 589. The summed E-state index contributed by atoms with van der Waals surface area (Å²) in [5.41, 5.74) is 0. The van der Waals surface area contributed by atoms with Gasteiger partial charge in [-0.25, -0.2) is 4.79 Å². The summed E-state index contributed by atoms with van der Waals surface area (Å²) in [6.07, 6.45) is 0.962. The molecule has 1 amide bonds. The van der Waals surface area contributed by atoms with E-state index in [1.165, 1.54) is 12.3 Å². The summed E-state index contributed by atoms with van der Waals surface area (Å²) >= 11 is 0. The van der Waals surface area contributed by atoms with Gasteiger partial charge in [-0.05, 0) is 17.3 Å². The molecule has 0 bridgehead atoms. The highest BCUT2D eigenvalue weighted by molar-refractivity contribution is 5.70. The Balaban J connectivity index is 1.42. The van der Waals surface area contributed by atoms with Gasteiger partial charge >= 0.3 is 6.09 Å². The minimum atomic E-state index is -0.562. The first kappa shape index (κ1) is 14.6. The van der Waals surface area contributed by atoms with Crippen LogP contribution in [0.15, 0.2) is 33.4 Å². The van der Waals surface area contributed by atoms with Gasteiger partial charge in [-0.2, -0.15) is 0 Å². The molecule has 1 fully saturated rings. The van der Waals surface area contributed by atoms with Crippen LogP contribution in [0.25, 0.3) is 11.5 Å². The van der Waals surface area contributed by atoms with E-state index in [1.54, 1.807) is 12.1 Å². The molecule has 0 spiro atoms. The smallest absolute Gasteiger partial charge is 0.414 e. The predicted octanol–water partition coefficient (Wildman–Crippen LogP) is 1.36. The van der Waals surface area contributed by atoms with Crippen LogP contribution < -0.4 is 10.1 Å². The standard InChI is InChI=1S/C14H17N3O5/c18-14(15-3-4-17-5-8-19-9-6-17)21-13-10-12(22-16-13)11-2-1-7-20-11/h1-2,7,10H,3-6,8-9H2,(H,15,18). The van der Waals surface area contributed by atoms with Crippen molar-refractivity contribution < 1.29 is 23.2 Å². The molecule has 3 rings (SSSR count). The van der Waals surface area contributed by atoms with Crippen LogP contribution in [0.3, 0.4) is 0 Å². The molecule has 118 valence electrons. The number of nitrogens with zero attached hydrogens (tertiary/aromatic N) is 2. The second-order valence-corrected chi connectivity index (χ2v) is 4.78. The maximum Gasteiger partial charge on any atom is 0.414 e. The van der Waals surface area contributed by atoms with Crippen molar-refractivity contribution in [3.8, 4) is 17.4 Å². The molecule has 1 N–H and O–H groups in total. The molecule has 2 aromatic heterocycles. The molecule has 0 saturated carbocycles. The van der Waals surface area contributed by atoms with Crippen LogP contribution in [0.5, 0.6) is 5.88 Å². The second-order valence-electron chi connectivity index (χ2n) is 4.78. The van der Waals surface area contributed by atoms with Crippen LogP contribution in [0.4, 0.5) is 4.79 Å². The van der Waals surface area contributed by atoms with Crippen LogP contribution >= 0.6 is 0 Å². The van der Waals surface area contributed by atoms with E-state index < -0.39 is 6.09 Å². The summed E-state index contributed by atoms with van der Waals surface area (Å²) in [7, 11) is 0. The Morgan fingerprint density at radius 3 is 3.00 bits per heavy atom. The Hall–Kier alpha value is -2.32. The van der Waals surface area contributed by atoms with Crippen molar-refractivity contribution in [2.45, 2.75) is 0 Å². The lowest BCUT2D eigenvalue weighted by molar-refractivity contribution is 0.0385. The third-order valence-corrected chi connectivity index (χ3v) is 3.25. The molecule has 0 unspecified atom stereocenters. The number of ether oxygens (including phenoxy) is 2. The van der Waals surface area contributed by atoms with Gasteiger partial charge in [0.05, 0.1) is 25.5 Å². The highest BCUT2D eigenvalue weighted by Crippen LogP contribution is 2.23. The van der Waals surface area contributed by atoms with Gasteiger partial charge < -0.3 is 23.7 Å². The van der Waals surface area contributed by atoms with E-state index in [0.29, 0.717) is 18.1 Å². The van der Waals surface area contributed by atoms with Gasteiger partial charge in [-0.3, -0.25) is 4.90 Å². The Kier molecular flexibility index (Phi) is 4.71. The van der Waals surface area contributed by atoms with Crippen molar-refractivity contribution in [2.24, 2.45) is 0 Å². The lowest BCUT2D eigenvalue weighted by Crippen LogP contribution is -2.41. The van der Waals surface area contributed by atoms with E-state index in [-0.39, 0.29) is 5.88 Å². The van der Waals surface area contributed by atoms with Crippen molar-refractivity contribution in [1.29, 1.82) is 0 Å². The van der Waals surface area contributed by atoms with Crippen LogP contribution in [0, 0.1) is 0 Å². The molecule has 0 atom stereocenters. The van der Waals surface area contributed by atoms with E-state index in [0.717, 1.165) is 32.8 Å². The lowest BCUT2D eigenvalue weighted by Gasteiger charge is -2.26. The lowest BCUT2D eigenvalue weighted by atomic mass is 10.3. The fourth-order valence-corrected chi connectivity index (χ4v) is 2.11. The number of aromatic nitrogens is 1. The number of carbonyl (C=O) groups excluding carboxylic acids is 1. The minimum Gasteiger partial charge on any atom is -0.461 e. The normalized spacial score (nSPS) is 15.6. The molecule has 1 aliphatic rings. The predicted molar refractivity (Wildman–Crippen MR) is 75.5 cm³/mol. The van der Waals surface area contributed by atoms with Gasteiger partial charge in [0.25, 0.3) is 5.88 Å². The number of amides is 1. The Morgan fingerprint density at radius 2 is 2.23 bits per heavy atom. The average Bonchev–Trinajstić information content (AvgIpc) is 3.19. The topological polar surface area (TPSA) is 90.0 Å². The third kappa shape index (κ3) is 3.86. The van der Waals surface area contributed by atoms with Gasteiger partial charge in [0.2, 0.25) is 5.76 Å². The monoisotopic (exact) mass is 307 g/mol. The largest absolute Gasteiger partial charge is 0.461 e. The minimum absolute atomic E-state index is 0.0928. The van der Waals surface area contributed by atoms with Crippen molar-refractivity contribution in [3.63, 3.8) is 0 Å². The zero-order valence-electron chi connectivity index (χ0n) is 12.0. The molecule has 1 saturated heterocycles. The summed E-state index contributed by atoms with van der Waals surface area (Å²) in [6.45, 7) is 4.49. The molecule has 0 aromatic carbocycles. The molecule has 0 radical (unpaired) electrons. The van der Waals surface area contributed by atoms with E-state index in [4.69, 9.17) is 18.4 Å². The molecule has 0 aliphatic carbocycles. The molecule has 3 heterocycles. The molecule has 8 nitrogen and oxygen atoms in total. The average molecular weight is 307 g/mol. The highest BCUT2D eigenvalue weighted by Gasteiger charge is 2.14. The van der Waals surface area contributed by atoms with Crippen molar-refractivity contribution in [2.75, 3.05) is 39.4 Å². The number of nitrogens with one attached hydrogen (secondary N) is 1. The van der Waals surface area contributed by atoms with E-state index in [9.17, 15) is 4.79 Å². The fraction of sp³-hybridized carbons (Fsp3) is 0.429. The maximum atomic E-state index is 11.7. The maximum absolute atomic E-state index is 11.7. The third-order valence-electron chi connectivity index (χ3n) is 3.25. The summed E-state index contributed by atoms with van der Waals surface area (Å²) in [4.78, 5) is 13.9. The second kappa shape index (κ2) is 7.10. The van der Waals surface area contributed by atoms with E-state index >= 15 is 0 Å². The van der Waals surface area contributed by atoms with Crippen LogP contribution in [0.2, 0.25) is 0 Å². The van der Waals surface area contributed by atoms with Crippen molar-refractivity contribution in [3.05, 3.63) is 24.5 Å². The van der Waals surface area contributed by atoms with Gasteiger partial charge in [-0.1, -0.05) is 0 Å². The van der Waals surface area contributed by atoms with Gasteiger partial charge in [-0.15, -0.1) is 0 Å². The number of furan rings is 1. The van der Waals surface area contributed by atoms with E-state index in [2.05, 4.69) is 15.4 Å². The molecular formula is C14H17N3O5. The van der Waals surface area contributed by atoms with Crippen LogP contribution in [-0.2, 0) is 4.74 Å². The van der Waals surface area contributed by atoms with Crippen molar-refractivity contribution >= 4 is 6.09 Å². The molecule has 8 heteroatoms. The Labute approximate surface area is 126 Å². The quantitative estimate of drug-likeness (QED) is 0.891. The van der Waals surface area contributed by atoms with Crippen LogP contribution in [-0.4, -0.2) is 55.5 Å². The SMILES string of the molecule is O=C(NCCN1CCOCC1)Oc1cc(-c2ccco2)on1. The molecule has 1 aliphatic heterocycles. The van der Waals surface area contributed by atoms with E-state index in [1.807, 2.05) is 0 Å². The number of carbonyl (C=O) groups is 1. The summed E-state index contributed by atoms with van der Waals surface area (Å²) in [5.74, 6) is 1.02. The zero-order chi connectivity index (χ0) is 15.2. The highest BCUT2D eigenvalue weighted by atomic mass is 16.6. The number of hydrogen-bond donors (Lipinski definition) is 1. The molecular weight excluding hydrogens is 290 g/mol.